The van der Waals surface area contributed by atoms with Crippen LogP contribution in [0.3, 0.4) is 0 Å². The van der Waals surface area contributed by atoms with E-state index in [4.69, 9.17) is 5.84 Å². The second kappa shape index (κ2) is 6.49. The molecule has 8 heteroatoms. The van der Waals surface area contributed by atoms with Crippen LogP contribution in [0, 0.1) is 0 Å². The lowest BCUT2D eigenvalue weighted by molar-refractivity contribution is -0.113. The zero-order valence-electron chi connectivity index (χ0n) is 12.0. The summed E-state index contributed by atoms with van der Waals surface area (Å²) < 4.78 is 0.864. The van der Waals surface area contributed by atoms with Crippen molar-refractivity contribution >= 4 is 34.1 Å². The van der Waals surface area contributed by atoms with E-state index in [9.17, 15) is 9.59 Å². The van der Waals surface area contributed by atoms with Crippen molar-refractivity contribution in [2.45, 2.75) is 5.16 Å². The van der Waals surface area contributed by atoms with Crippen LogP contribution in [0.25, 0.3) is 10.8 Å². The number of anilines is 1. The maximum atomic E-state index is 12.1. The first-order valence-electron chi connectivity index (χ1n) is 6.75. The van der Waals surface area contributed by atoms with Crippen LogP contribution in [0.1, 0.15) is 0 Å². The standard InChI is InChI=1S/C15H13N5O2S/c16-20-14(22)8-17-19-15(20)23-9-13(21)18-12-7-3-5-10-4-1-2-6-11(10)12/h1-8H,9,16H2,(H,18,21). The second-order valence-corrected chi connectivity index (χ2v) is 5.64. The highest BCUT2D eigenvalue weighted by molar-refractivity contribution is 7.99. The molecule has 7 nitrogen and oxygen atoms in total. The van der Waals surface area contributed by atoms with Gasteiger partial charge in [0.1, 0.15) is 6.20 Å². The minimum atomic E-state index is -0.475. The minimum absolute atomic E-state index is 0.0680. The molecule has 0 fully saturated rings. The predicted octanol–water partition coefficient (Wildman–Crippen LogP) is 1.24. The Morgan fingerprint density at radius 1 is 1.22 bits per heavy atom. The van der Waals surface area contributed by atoms with Crippen LogP contribution in [0.4, 0.5) is 5.69 Å². The van der Waals surface area contributed by atoms with E-state index in [0.717, 1.165) is 39.1 Å². The monoisotopic (exact) mass is 327 g/mol. The smallest absolute Gasteiger partial charge is 0.291 e. The summed E-state index contributed by atoms with van der Waals surface area (Å²) >= 11 is 1.05. The van der Waals surface area contributed by atoms with Gasteiger partial charge in [-0.3, -0.25) is 9.59 Å². The molecule has 0 radical (unpaired) electrons. The first-order valence-corrected chi connectivity index (χ1v) is 7.74. The van der Waals surface area contributed by atoms with Crippen LogP contribution < -0.4 is 16.7 Å². The van der Waals surface area contributed by atoms with E-state index in [2.05, 4.69) is 15.5 Å². The third kappa shape index (κ3) is 3.32. The molecule has 3 rings (SSSR count). The number of nitrogens with one attached hydrogen (secondary N) is 1. The molecule has 0 saturated heterocycles. The molecule has 0 saturated carbocycles. The summed E-state index contributed by atoms with van der Waals surface area (Å²) in [5, 5.41) is 12.3. The summed E-state index contributed by atoms with van der Waals surface area (Å²) in [7, 11) is 0. The topological polar surface area (TPSA) is 103 Å². The Labute approximate surface area is 135 Å². The number of carbonyl (C=O) groups excluding carboxylic acids is 1. The van der Waals surface area contributed by atoms with E-state index in [1.54, 1.807) is 0 Å². The Morgan fingerprint density at radius 3 is 2.87 bits per heavy atom. The molecule has 116 valence electrons. The summed E-state index contributed by atoms with van der Waals surface area (Å²) in [4.78, 5) is 23.5. The Hall–Kier alpha value is -2.87. The highest BCUT2D eigenvalue weighted by Crippen LogP contribution is 2.23. The summed E-state index contributed by atoms with van der Waals surface area (Å²) in [6.45, 7) is 0. The van der Waals surface area contributed by atoms with Gasteiger partial charge < -0.3 is 11.2 Å². The van der Waals surface area contributed by atoms with E-state index in [1.165, 1.54) is 0 Å². The summed E-state index contributed by atoms with van der Waals surface area (Å²) in [6, 6.07) is 13.5. The van der Waals surface area contributed by atoms with Crippen LogP contribution in [0.15, 0.2) is 58.6 Å². The van der Waals surface area contributed by atoms with E-state index < -0.39 is 5.56 Å². The summed E-state index contributed by atoms with van der Waals surface area (Å²) in [5.74, 6) is 5.39. The van der Waals surface area contributed by atoms with Crippen LogP contribution in [-0.2, 0) is 4.79 Å². The normalized spacial score (nSPS) is 10.6. The van der Waals surface area contributed by atoms with Gasteiger partial charge in [-0.1, -0.05) is 48.2 Å². The number of benzene rings is 2. The number of fused-ring (bicyclic) bond motifs is 1. The van der Waals surface area contributed by atoms with Crippen LogP contribution in [-0.4, -0.2) is 26.5 Å². The number of nitrogen functional groups attached to an aromatic ring is 1. The van der Waals surface area contributed by atoms with Gasteiger partial charge in [0.2, 0.25) is 11.1 Å². The molecule has 23 heavy (non-hydrogen) atoms. The molecule has 3 aromatic rings. The zero-order chi connectivity index (χ0) is 16.2. The van der Waals surface area contributed by atoms with Gasteiger partial charge in [0.25, 0.3) is 5.56 Å². The van der Waals surface area contributed by atoms with Crippen LogP contribution >= 0.6 is 11.8 Å². The first-order chi connectivity index (χ1) is 11.1. The molecule has 0 unspecified atom stereocenters. The molecule has 0 spiro atoms. The Balaban J connectivity index is 1.72. The van der Waals surface area contributed by atoms with E-state index in [-0.39, 0.29) is 16.8 Å². The van der Waals surface area contributed by atoms with Gasteiger partial charge in [-0.15, -0.1) is 5.10 Å². The van der Waals surface area contributed by atoms with Crippen molar-refractivity contribution in [3.8, 4) is 0 Å². The Kier molecular flexibility index (Phi) is 4.24. The number of hydrogen-bond acceptors (Lipinski definition) is 6. The van der Waals surface area contributed by atoms with Gasteiger partial charge in [-0.25, -0.2) is 0 Å². The van der Waals surface area contributed by atoms with Gasteiger partial charge in [-0.2, -0.15) is 9.77 Å². The third-order valence-electron chi connectivity index (χ3n) is 3.15. The van der Waals surface area contributed by atoms with Crippen molar-refractivity contribution < 1.29 is 4.79 Å². The lowest BCUT2D eigenvalue weighted by Crippen LogP contribution is -2.30. The van der Waals surface area contributed by atoms with Gasteiger partial charge in [0.05, 0.1) is 5.75 Å². The molecular weight excluding hydrogens is 314 g/mol. The van der Waals surface area contributed by atoms with Crippen molar-refractivity contribution in [1.29, 1.82) is 0 Å². The molecule has 1 amide bonds. The van der Waals surface area contributed by atoms with Gasteiger partial charge in [0.15, 0.2) is 0 Å². The molecule has 0 aliphatic rings. The fraction of sp³-hybridized carbons (Fsp3) is 0.0667. The fourth-order valence-corrected chi connectivity index (χ4v) is 2.75. The van der Waals surface area contributed by atoms with Crippen molar-refractivity contribution in [2.75, 3.05) is 16.9 Å². The lowest BCUT2D eigenvalue weighted by atomic mass is 10.1. The highest BCUT2D eigenvalue weighted by Gasteiger charge is 2.09. The molecular formula is C15H13N5O2S. The summed E-state index contributed by atoms with van der Waals surface area (Å²) in [6.07, 6.45) is 1.01. The van der Waals surface area contributed by atoms with Crippen LogP contribution in [0.5, 0.6) is 0 Å². The molecule has 1 heterocycles. The number of nitrogens with zero attached hydrogens (tertiary/aromatic N) is 3. The number of hydrogen-bond donors (Lipinski definition) is 2. The highest BCUT2D eigenvalue weighted by atomic mass is 32.2. The average molecular weight is 327 g/mol. The first kappa shape index (κ1) is 15.0. The van der Waals surface area contributed by atoms with Gasteiger partial charge >= 0.3 is 0 Å². The molecule has 0 aliphatic carbocycles. The van der Waals surface area contributed by atoms with E-state index in [1.807, 2.05) is 42.5 Å². The number of aromatic nitrogens is 3. The predicted molar refractivity (Wildman–Crippen MR) is 89.7 cm³/mol. The Morgan fingerprint density at radius 2 is 2.00 bits per heavy atom. The largest absolute Gasteiger partial charge is 0.334 e. The molecule has 2 aromatic carbocycles. The van der Waals surface area contributed by atoms with Crippen molar-refractivity contribution in [3.63, 3.8) is 0 Å². The second-order valence-electron chi connectivity index (χ2n) is 4.70. The Bertz CT molecular complexity index is 920. The maximum Gasteiger partial charge on any atom is 0.291 e. The molecule has 0 bridgehead atoms. The molecule has 0 aliphatic heterocycles. The number of carbonyl (C=O) groups is 1. The van der Waals surface area contributed by atoms with Crippen molar-refractivity contribution in [1.82, 2.24) is 14.9 Å². The maximum absolute atomic E-state index is 12.1. The van der Waals surface area contributed by atoms with Crippen LogP contribution in [0.2, 0.25) is 0 Å². The lowest BCUT2D eigenvalue weighted by Gasteiger charge is -2.09. The number of amides is 1. The quantitative estimate of drug-likeness (QED) is 0.552. The molecule has 3 N–H and O–H groups in total. The van der Waals surface area contributed by atoms with Gasteiger partial charge in [-0.05, 0) is 11.5 Å². The SMILES string of the molecule is Nn1c(SCC(=O)Nc2cccc3ccccc23)nncc1=O. The zero-order valence-corrected chi connectivity index (χ0v) is 12.8. The molecule has 0 atom stereocenters. The van der Waals surface area contributed by atoms with Crippen molar-refractivity contribution in [2.24, 2.45) is 0 Å². The van der Waals surface area contributed by atoms with E-state index in [0.29, 0.717) is 0 Å². The number of rotatable bonds is 4. The average Bonchev–Trinajstić information content (AvgIpc) is 2.56. The number of nitrogens with two attached hydrogens (primary N) is 1. The third-order valence-corrected chi connectivity index (χ3v) is 4.09. The minimum Gasteiger partial charge on any atom is -0.334 e. The van der Waals surface area contributed by atoms with Crippen molar-refractivity contribution in [3.05, 3.63) is 59.0 Å². The van der Waals surface area contributed by atoms with Gasteiger partial charge in [0, 0.05) is 11.1 Å². The fourth-order valence-electron chi connectivity index (χ4n) is 2.08. The molecule has 1 aromatic heterocycles. The van der Waals surface area contributed by atoms with E-state index >= 15 is 0 Å². The number of thioether (sulfide) groups is 1. The summed E-state index contributed by atoms with van der Waals surface area (Å²) in [5.41, 5.74) is 0.259.